The summed E-state index contributed by atoms with van der Waals surface area (Å²) in [6.07, 6.45) is 1.04. The molecule has 1 aromatic rings. The van der Waals surface area contributed by atoms with Crippen LogP contribution in [-0.2, 0) is 4.79 Å². The Morgan fingerprint density at radius 2 is 2.47 bits per heavy atom. The van der Waals surface area contributed by atoms with Gasteiger partial charge in [-0.25, -0.2) is 0 Å². The van der Waals surface area contributed by atoms with Gasteiger partial charge >= 0.3 is 0 Å². The number of nitrogens with zero attached hydrogens (tertiary/aromatic N) is 1. The van der Waals surface area contributed by atoms with Crippen LogP contribution in [0.4, 0.5) is 0 Å². The highest BCUT2D eigenvalue weighted by atomic mass is 32.1. The molecule has 19 heavy (non-hydrogen) atoms. The van der Waals surface area contributed by atoms with E-state index in [0.717, 1.165) is 26.1 Å². The third kappa shape index (κ3) is 3.35. The van der Waals surface area contributed by atoms with Crippen LogP contribution in [-0.4, -0.2) is 43.0 Å². The highest BCUT2D eigenvalue weighted by Gasteiger charge is 2.33. The molecule has 1 saturated heterocycles. The largest absolute Gasteiger partial charge is 0.355 e. The number of hydrogen-bond acceptors (Lipinski definition) is 4. The molecule has 2 unspecified atom stereocenters. The molecule has 0 spiro atoms. The van der Waals surface area contributed by atoms with Crippen LogP contribution in [0.1, 0.15) is 31.2 Å². The van der Waals surface area contributed by atoms with E-state index in [0.29, 0.717) is 12.6 Å². The van der Waals surface area contributed by atoms with E-state index in [1.807, 2.05) is 6.92 Å². The van der Waals surface area contributed by atoms with Crippen molar-refractivity contribution in [2.24, 2.45) is 0 Å². The Morgan fingerprint density at radius 3 is 3.11 bits per heavy atom. The Balaban J connectivity index is 2.15. The molecule has 1 aromatic heterocycles. The topological polar surface area (TPSA) is 44.4 Å². The zero-order valence-electron chi connectivity index (χ0n) is 11.7. The number of nitrogens with one attached hydrogen (secondary N) is 2. The molecule has 0 radical (unpaired) electrons. The molecule has 0 bridgehead atoms. The molecule has 0 saturated carbocycles. The molecular weight excluding hydrogens is 258 g/mol. The Kier molecular flexibility index (Phi) is 5.36. The molecule has 1 amide bonds. The Morgan fingerprint density at radius 1 is 1.63 bits per heavy atom. The molecule has 2 rings (SSSR count). The molecular formula is C14H23N3OS. The number of carbonyl (C=O) groups excluding carboxylic acids is 1. The summed E-state index contributed by atoms with van der Waals surface area (Å²) in [5.74, 6) is 0.143. The van der Waals surface area contributed by atoms with E-state index in [9.17, 15) is 4.79 Å². The fourth-order valence-corrected chi connectivity index (χ4v) is 3.64. The van der Waals surface area contributed by atoms with Crippen LogP contribution in [0.3, 0.4) is 0 Å². The Bertz CT molecular complexity index is 393. The van der Waals surface area contributed by atoms with Gasteiger partial charge in [0.1, 0.15) is 6.04 Å². The highest BCUT2D eigenvalue weighted by Crippen LogP contribution is 2.30. The van der Waals surface area contributed by atoms with Gasteiger partial charge in [0.2, 0.25) is 5.91 Å². The van der Waals surface area contributed by atoms with E-state index in [-0.39, 0.29) is 11.9 Å². The zero-order chi connectivity index (χ0) is 13.7. The first-order valence-electron chi connectivity index (χ1n) is 7.05. The molecule has 0 aliphatic carbocycles. The van der Waals surface area contributed by atoms with Crippen LogP contribution in [0.2, 0.25) is 0 Å². The normalized spacial score (nSPS) is 22.1. The third-order valence-corrected chi connectivity index (χ3v) is 4.57. The van der Waals surface area contributed by atoms with Gasteiger partial charge in [-0.2, -0.15) is 0 Å². The van der Waals surface area contributed by atoms with E-state index in [1.54, 1.807) is 11.3 Å². The minimum Gasteiger partial charge on any atom is -0.355 e. The molecule has 5 heteroatoms. The lowest BCUT2D eigenvalue weighted by atomic mass is 10.1. The molecule has 0 aromatic carbocycles. The van der Waals surface area contributed by atoms with Crippen molar-refractivity contribution in [3.63, 3.8) is 0 Å². The molecule has 1 aliphatic rings. The van der Waals surface area contributed by atoms with Crippen LogP contribution >= 0.6 is 11.3 Å². The summed E-state index contributed by atoms with van der Waals surface area (Å²) in [7, 11) is 0. The smallest absolute Gasteiger partial charge is 0.238 e. The van der Waals surface area contributed by atoms with Gasteiger partial charge in [-0.1, -0.05) is 13.0 Å². The zero-order valence-corrected chi connectivity index (χ0v) is 12.5. The first kappa shape index (κ1) is 14.5. The monoisotopic (exact) mass is 281 g/mol. The molecule has 1 fully saturated rings. The molecule has 2 N–H and O–H groups in total. The van der Waals surface area contributed by atoms with Gasteiger partial charge in [-0.3, -0.25) is 9.69 Å². The number of hydrogen-bond donors (Lipinski definition) is 2. The second-order valence-corrected chi connectivity index (χ2v) is 5.77. The fourth-order valence-electron chi connectivity index (χ4n) is 2.71. The van der Waals surface area contributed by atoms with Crippen molar-refractivity contribution < 1.29 is 4.79 Å². The van der Waals surface area contributed by atoms with E-state index in [4.69, 9.17) is 0 Å². The van der Waals surface area contributed by atoms with E-state index < -0.39 is 0 Å². The van der Waals surface area contributed by atoms with Crippen LogP contribution < -0.4 is 10.6 Å². The van der Waals surface area contributed by atoms with Gasteiger partial charge in [0.15, 0.2) is 0 Å². The first-order valence-corrected chi connectivity index (χ1v) is 7.93. The number of carbonyl (C=O) groups is 1. The lowest BCUT2D eigenvalue weighted by Crippen LogP contribution is -2.58. The first-order chi connectivity index (χ1) is 9.27. The van der Waals surface area contributed by atoms with Crippen molar-refractivity contribution in [3.05, 3.63) is 22.4 Å². The SMILES string of the molecule is CCNC(=O)C1CNCCN1C(CC)c1cccs1. The van der Waals surface area contributed by atoms with Crippen molar-refractivity contribution in [1.29, 1.82) is 0 Å². The molecule has 2 heterocycles. The van der Waals surface area contributed by atoms with Crippen molar-refractivity contribution in [3.8, 4) is 0 Å². The molecule has 4 nitrogen and oxygen atoms in total. The third-order valence-electron chi connectivity index (χ3n) is 3.60. The van der Waals surface area contributed by atoms with Gasteiger partial charge < -0.3 is 10.6 Å². The second kappa shape index (κ2) is 7.03. The van der Waals surface area contributed by atoms with Gasteiger partial charge in [0.25, 0.3) is 0 Å². The summed E-state index contributed by atoms with van der Waals surface area (Å²) in [6, 6.07) is 4.57. The van der Waals surface area contributed by atoms with E-state index in [2.05, 4.69) is 40.0 Å². The number of piperazine rings is 1. The van der Waals surface area contributed by atoms with Crippen LogP contribution in [0.25, 0.3) is 0 Å². The maximum absolute atomic E-state index is 12.2. The average Bonchev–Trinajstić information content (AvgIpc) is 2.94. The lowest BCUT2D eigenvalue weighted by Gasteiger charge is -2.40. The average molecular weight is 281 g/mol. The van der Waals surface area contributed by atoms with Crippen LogP contribution in [0, 0.1) is 0 Å². The lowest BCUT2D eigenvalue weighted by molar-refractivity contribution is -0.128. The van der Waals surface area contributed by atoms with Crippen LogP contribution in [0.5, 0.6) is 0 Å². The van der Waals surface area contributed by atoms with E-state index >= 15 is 0 Å². The fraction of sp³-hybridized carbons (Fsp3) is 0.643. The number of thiophene rings is 1. The second-order valence-electron chi connectivity index (χ2n) is 4.79. The Labute approximate surface area is 119 Å². The molecule has 1 aliphatic heterocycles. The number of amides is 1. The van der Waals surface area contributed by atoms with Gasteiger partial charge in [0.05, 0.1) is 0 Å². The van der Waals surface area contributed by atoms with Gasteiger partial charge in [-0.15, -0.1) is 11.3 Å². The summed E-state index contributed by atoms with van der Waals surface area (Å²) in [5.41, 5.74) is 0. The standard InChI is InChI=1S/C14H23N3OS/c1-3-11(13-6-5-9-19-13)17-8-7-15-10-12(17)14(18)16-4-2/h5-6,9,11-12,15H,3-4,7-8,10H2,1-2H3,(H,16,18). The Hall–Kier alpha value is -0.910. The van der Waals surface area contributed by atoms with Crippen molar-refractivity contribution >= 4 is 17.2 Å². The predicted octanol–water partition coefficient (Wildman–Crippen LogP) is 1.61. The maximum atomic E-state index is 12.2. The summed E-state index contributed by atoms with van der Waals surface area (Å²) in [6.45, 7) is 7.49. The summed E-state index contributed by atoms with van der Waals surface area (Å²) < 4.78 is 0. The minimum atomic E-state index is -0.0549. The maximum Gasteiger partial charge on any atom is 0.238 e. The van der Waals surface area contributed by atoms with Gasteiger partial charge in [-0.05, 0) is 24.8 Å². The number of rotatable bonds is 5. The van der Waals surface area contributed by atoms with Crippen molar-refractivity contribution in [2.45, 2.75) is 32.4 Å². The summed E-state index contributed by atoms with van der Waals surface area (Å²) >= 11 is 1.78. The quantitative estimate of drug-likeness (QED) is 0.862. The molecule has 106 valence electrons. The number of likely N-dealkylation sites (N-methyl/N-ethyl adjacent to an activating group) is 1. The predicted molar refractivity (Wildman–Crippen MR) is 79.4 cm³/mol. The minimum absolute atomic E-state index is 0.0549. The van der Waals surface area contributed by atoms with Crippen molar-refractivity contribution in [1.82, 2.24) is 15.5 Å². The van der Waals surface area contributed by atoms with Crippen molar-refractivity contribution in [2.75, 3.05) is 26.2 Å². The van der Waals surface area contributed by atoms with Crippen LogP contribution in [0.15, 0.2) is 17.5 Å². The van der Waals surface area contributed by atoms with E-state index in [1.165, 1.54) is 4.88 Å². The van der Waals surface area contributed by atoms with Gasteiger partial charge in [0, 0.05) is 37.1 Å². The summed E-state index contributed by atoms with van der Waals surface area (Å²) in [5, 5.41) is 8.39. The highest BCUT2D eigenvalue weighted by molar-refractivity contribution is 7.10. The molecule has 2 atom stereocenters. The summed E-state index contributed by atoms with van der Waals surface area (Å²) in [4.78, 5) is 15.9.